The van der Waals surface area contributed by atoms with Gasteiger partial charge in [-0.25, -0.2) is 4.68 Å². The molecule has 0 unspecified atom stereocenters. The van der Waals surface area contributed by atoms with Gasteiger partial charge < -0.3 is 10.1 Å². The fraction of sp³-hybridized carbons (Fsp3) is 0.429. The Morgan fingerprint density at radius 3 is 3.04 bits per heavy atom. The second-order valence-electron chi connectivity index (χ2n) is 5.47. The van der Waals surface area contributed by atoms with Gasteiger partial charge in [-0.1, -0.05) is 0 Å². The maximum absolute atomic E-state index is 12.2. The molecule has 1 aliphatic heterocycles. The van der Waals surface area contributed by atoms with Crippen molar-refractivity contribution < 1.29 is 14.5 Å². The quantitative estimate of drug-likeness (QED) is 0.598. The third-order valence-corrected chi connectivity index (χ3v) is 4.81. The van der Waals surface area contributed by atoms with Crippen molar-refractivity contribution >= 4 is 23.4 Å². The number of carbonyl (C=O) groups excluding carboxylic acids is 1. The molecular weight excluding hydrogens is 348 g/mol. The summed E-state index contributed by atoms with van der Waals surface area (Å²) in [5, 5.41) is 25.5. The van der Waals surface area contributed by atoms with E-state index in [1.54, 1.807) is 13.1 Å². The van der Waals surface area contributed by atoms with E-state index in [4.69, 9.17) is 4.74 Å². The summed E-state index contributed by atoms with van der Waals surface area (Å²) in [7, 11) is 1.64. The number of nitro benzene ring substituents is 1. The highest BCUT2D eigenvalue weighted by Crippen LogP contribution is 2.33. The van der Waals surface area contributed by atoms with Crippen LogP contribution in [0, 0.1) is 10.1 Å². The molecule has 0 spiro atoms. The number of nitrogens with zero attached hydrogens (tertiary/aromatic N) is 5. The molecule has 0 aliphatic carbocycles. The van der Waals surface area contributed by atoms with E-state index < -0.39 is 4.92 Å². The average molecular weight is 364 g/mol. The smallest absolute Gasteiger partial charge is 0.284 e. The number of benzene rings is 1. The number of ether oxygens (including phenoxy) is 1. The van der Waals surface area contributed by atoms with Crippen LogP contribution in [0.3, 0.4) is 0 Å². The second kappa shape index (κ2) is 7.57. The predicted octanol–water partition coefficient (Wildman–Crippen LogP) is 1.18. The van der Waals surface area contributed by atoms with Crippen LogP contribution in [0.1, 0.15) is 23.2 Å². The number of aromatic nitrogens is 4. The highest BCUT2D eigenvalue weighted by Gasteiger charge is 2.21. The summed E-state index contributed by atoms with van der Waals surface area (Å²) >= 11 is 1.06. The molecule has 10 nitrogen and oxygen atoms in total. The minimum absolute atomic E-state index is 0.0113. The molecule has 132 valence electrons. The van der Waals surface area contributed by atoms with E-state index in [1.165, 1.54) is 16.8 Å². The maximum atomic E-state index is 12.2. The van der Waals surface area contributed by atoms with Crippen LogP contribution in [0.25, 0.3) is 0 Å². The van der Waals surface area contributed by atoms with E-state index in [9.17, 15) is 14.9 Å². The van der Waals surface area contributed by atoms with Gasteiger partial charge in [-0.15, -0.1) is 5.10 Å². The lowest BCUT2D eigenvalue weighted by molar-refractivity contribution is -0.387. The summed E-state index contributed by atoms with van der Waals surface area (Å²) in [5.74, 6) is -0.365. The van der Waals surface area contributed by atoms with Crippen molar-refractivity contribution in [1.29, 1.82) is 0 Å². The van der Waals surface area contributed by atoms with Gasteiger partial charge in [-0.2, -0.15) is 0 Å². The Balaban J connectivity index is 1.75. The van der Waals surface area contributed by atoms with Crippen molar-refractivity contribution in [1.82, 2.24) is 25.5 Å². The summed E-state index contributed by atoms with van der Waals surface area (Å²) < 4.78 is 6.86. The zero-order chi connectivity index (χ0) is 17.8. The first-order valence-corrected chi connectivity index (χ1v) is 8.44. The van der Waals surface area contributed by atoms with Gasteiger partial charge in [0.15, 0.2) is 0 Å². The zero-order valence-electron chi connectivity index (χ0n) is 13.4. The van der Waals surface area contributed by atoms with Crippen LogP contribution < -0.4 is 5.32 Å². The minimum atomic E-state index is -0.525. The van der Waals surface area contributed by atoms with Crippen LogP contribution >= 0.6 is 11.8 Å². The lowest BCUT2D eigenvalue weighted by atomic mass is 10.2. The van der Waals surface area contributed by atoms with Crippen LogP contribution in [-0.4, -0.2) is 50.3 Å². The Bertz CT molecular complexity index is 789. The van der Waals surface area contributed by atoms with Crippen LogP contribution in [0.4, 0.5) is 5.69 Å². The molecule has 0 radical (unpaired) electrons. The van der Waals surface area contributed by atoms with Crippen molar-refractivity contribution in [2.24, 2.45) is 7.05 Å². The largest absolute Gasteiger partial charge is 0.376 e. The molecule has 0 bridgehead atoms. The fourth-order valence-corrected chi connectivity index (χ4v) is 3.22. The molecule has 1 saturated heterocycles. The van der Waals surface area contributed by atoms with Gasteiger partial charge in [0.1, 0.15) is 0 Å². The average Bonchev–Trinajstić information content (AvgIpc) is 3.25. The Morgan fingerprint density at radius 1 is 1.56 bits per heavy atom. The Hall–Kier alpha value is -2.53. The molecule has 1 aliphatic rings. The predicted molar refractivity (Wildman–Crippen MR) is 87.3 cm³/mol. The molecule has 1 atom stereocenters. The Kier molecular flexibility index (Phi) is 5.24. The maximum Gasteiger partial charge on any atom is 0.284 e. The number of rotatable bonds is 6. The molecule has 1 N–H and O–H groups in total. The normalized spacial score (nSPS) is 16.8. The lowest BCUT2D eigenvalue weighted by Gasteiger charge is -2.11. The van der Waals surface area contributed by atoms with Crippen molar-refractivity contribution in [3.8, 4) is 0 Å². The zero-order valence-corrected chi connectivity index (χ0v) is 14.2. The number of aryl methyl sites for hydroxylation is 1. The van der Waals surface area contributed by atoms with Crippen molar-refractivity contribution in [2.45, 2.75) is 29.0 Å². The molecule has 1 fully saturated rings. The van der Waals surface area contributed by atoms with Crippen LogP contribution in [0.2, 0.25) is 0 Å². The Morgan fingerprint density at radius 2 is 2.40 bits per heavy atom. The van der Waals surface area contributed by atoms with E-state index in [0.29, 0.717) is 23.2 Å². The molecule has 1 aromatic carbocycles. The van der Waals surface area contributed by atoms with E-state index in [-0.39, 0.29) is 23.3 Å². The molecule has 1 aromatic heterocycles. The molecule has 2 heterocycles. The fourth-order valence-electron chi connectivity index (χ4n) is 2.41. The van der Waals surface area contributed by atoms with Crippen LogP contribution in [-0.2, 0) is 11.8 Å². The lowest BCUT2D eigenvalue weighted by Crippen LogP contribution is -2.31. The molecule has 25 heavy (non-hydrogen) atoms. The first-order valence-electron chi connectivity index (χ1n) is 7.63. The third kappa shape index (κ3) is 4.12. The van der Waals surface area contributed by atoms with E-state index in [2.05, 4.69) is 20.8 Å². The standard InChI is InChI=1S/C14H16N6O4S/c1-19-14(16-17-18-19)25-12-5-4-9(7-11(12)20(22)23)13(21)15-8-10-3-2-6-24-10/h4-5,7,10H,2-3,6,8H2,1H3,(H,15,21)/t10-/m0/s1. The van der Waals surface area contributed by atoms with E-state index >= 15 is 0 Å². The molecular formula is C14H16N6O4S. The van der Waals surface area contributed by atoms with Gasteiger partial charge >= 0.3 is 0 Å². The topological polar surface area (TPSA) is 125 Å². The van der Waals surface area contributed by atoms with Crippen LogP contribution in [0.5, 0.6) is 0 Å². The number of hydrogen-bond acceptors (Lipinski definition) is 8. The van der Waals surface area contributed by atoms with Gasteiger partial charge in [0.2, 0.25) is 5.16 Å². The third-order valence-electron chi connectivity index (χ3n) is 3.71. The van der Waals surface area contributed by atoms with Gasteiger partial charge in [0.25, 0.3) is 11.6 Å². The first-order chi connectivity index (χ1) is 12.0. The van der Waals surface area contributed by atoms with Gasteiger partial charge in [0, 0.05) is 31.8 Å². The molecule has 3 rings (SSSR count). The highest BCUT2D eigenvalue weighted by atomic mass is 32.2. The first kappa shape index (κ1) is 17.3. The molecule has 2 aromatic rings. The number of tetrazole rings is 1. The number of carbonyl (C=O) groups is 1. The SMILES string of the molecule is Cn1nnnc1Sc1ccc(C(=O)NC[C@@H]2CCCO2)cc1[N+](=O)[O-]. The number of nitrogens with one attached hydrogen (secondary N) is 1. The summed E-state index contributed by atoms with van der Waals surface area (Å²) in [4.78, 5) is 23.4. The Labute approximate surface area is 147 Å². The van der Waals surface area contributed by atoms with E-state index in [0.717, 1.165) is 24.6 Å². The van der Waals surface area contributed by atoms with Crippen molar-refractivity contribution in [3.05, 3.63) is 33.9 Å². The summed E-state index contributed by atoms with van der Waals surface area (Å²) in [5.41, 5.74) is 0.0582. The molecule has 11 heteroatoms. The van der Waals surface area contributed by atoms with Gasteiger partial charge in [0.05, 0.1) is 15.9 Å². The summed E-state index contributed by atoms with van der Waals surface area (Å²) in [6.07, 6.45) is 1.90. The molecule has 0 saturated carbocycles. The highest BCUT2D eigenvalue weighted by molar-refractivity contribution is 7.99. The van der Waals surface area contributed by atoms with Crippen molar-refractivity contribution in [3.63, 3.8) is 0 Å². The van der Waals surface area contributed by atoms with Gasteiger partial charge in [-0.05, 0) is 47.2 Å². The van der Waals surface area contributed by atoms with Crippen LogP contribution in [0.15, 0.2) is 28.3 Å². The van der Waals surface area contributed by atoms with Crippen molar-refractivity contribution in [2.75, 3.05) is 13.2 Å². The summed E-state index contributed by atoms with van der Waals surface area (Å²) in [6.45, 7) is 1.10. The monoisotopic (exact) mass is 364 g/mol. The number of hydrogen-bond donors (Lipinski definition) is 1. The minimum Gasteiger partial charge on any atom is -0.376 e. The number of nitro groups is 1. The summed E-state index contributed by atoms with van der Waals surface area (Å²) in [6, 6.07) is 4.33. The second-order valence-corrected chi connectivity index (χ2v) is 6.48. The number of amides is 1. The molecule has 1 amide bonds. The van der Waals surface area contributed by atoms with Gasteiger partial charge in [-0.3, -0.25) is 14.9 Å². The van der Waals surface area contributed by atoms with E-state index in [1.807, 2.05) is 0 Å².